The zero-order valence-electron chi connectivity index (χ0n) is 4.31. The Hall–Kier alpha value is -0.210. The first kappa shape index (κ1) is 6.79. The van der Waals surface area contributed by atoms with Gasteiger partial charge in [0.15, 0.2) is 0 Å². The molecule has 0 fully saturated rings. The lowest BCUT2D eigenvalue weighted by molar-refractivity contribution is 0.493. The van der Waals surface area contributed by atoms with E-state index in [1.54, 1.807) is 13.2 Å². The molecule has 2 heteroatoms. The Kier molecular flexibility index (Phi) is 3.84. The van der Waals surface area contributed by atoms with Crippen LogP contribution in [0.3, 0.4) is 0 Å². The summed E-state index contributed by atoms with van der Waals surface area (Å²) in [6.07, 6.45) is 1.65. The summed E-state index contributed by atoms with van der Waals surface area (Å²) in [5.74, 6) is 0. The van der Waals surface area contributed by atoms with Crippen LogP contribution in [0.5, 0.6) is 0 Å². The summed E-state index contributed by atoms with van der Waals surface area (Å²) in [6, 6.07) is 0. The molecule has 0 N–H and O–H groups in total. The molecule has 0 saturated heterocycles. The van der Waals surface area contributed by atoms with Crippen LogP contribution < -0.4 is 0 Å². The molecule has 0 aromatic rings. The van der Waals surface area contributed by atoms with Crippen molar-refractivity contribution in [1.29, 1.82) is 0 Å². The molecule has 0 saturated carbocycles. The lowest BCUT2D eigenvalue weighted by atomic mass is 10.6. The third-order valence-corrected chi connectivity index (χ3v) is 0.965. The van der Waals surface area contributed by atoms with E-state index in [-0.39, 0.29) is 0 Å². The van der Waals surface area contributed by atoms with Gasteiger partial charge in [-0.05, 0) is 0 Å². The van der Waals surface area contributed by atoms with Crippen molar-refractivity contribution in [2.24, 2.45) is 0 Å². The quantitative estimate of drug-likeness (QED) is 0.412. The van der Waals surface area contributed by atoms with E-state index in [1.165, 1.54) is 12.0 Å². The molecular formula is C5H8OS. The van der Waals surface area contributed by atoms with Crippen LogP contribution >= 0.6 is 12.0 Å². The fourth-order valence-electron chi connectivity index (χ4n) is 0.141. The van der Waals surface area contributed by atoms with E-state index in [4.69, 9.17) is 0 Å². The van der Waals surface area contributed by atoms with Crippen LogP contribution in [0, 0.1) is 0 Å². The van der Waals surface area contributed by atoms with Gasteiger partial charge in [0.05, 0.1) is 7.11 Å². The second-order valence-electron chi connectivity index (χ2n) is 0.920. The molecule has 40 valence electrons. The molecule has 0 atom stereocenters. The van der Waals surface area contributed by atoms with E-state index in [1.807, 2.05) is 0 Å². The van der Waals surface area contributed by atoms with Crippen molar-refractivity contribution < 1.29 is 4.18 Å². The van der Waals surface area contributed by atoms with E-state index in [0.717, 1.165) is 4.91 Å². The second-order valence-corrected chi connectivity index (χ2v) is 1.94. The van der Waals surface area contributed by atoms with E-state index in [2.05, 4.69) is 17.3 Å². The van der Waals surface area contributed by atoms with Crippen molar-refractivity contribution in [3.8, 4) is 0 Å². The van der Waals surface area contributed by atoms with E-state index < -0.39 is 0 Å². The summed E-state index contributed by atoms with van der Waals surface area (Å²) in [7, 11) is 1.60. The van der Waals surface area contributed by atoms with Crippen LogP contribution in [0.2, 0.25) is 0 Å². The summed E-state index contributed by atoms with van der Waals surface area (Å²) in [5, 5.41) is 0. The Morgan fingerprint density at radius 3 is 2.57 bits per heavy atom. The molecule has 0 rings (SSSR count). The molecule has 0 spiro atoms. The molecule has 0 aliphatic rings. The van der Waals surface area contributed by atoms with E-state index in [9.17, 15) is 0 Å². The van der Waals surface area contributed by atoms with Crippen LogP contribution in [0.1, 0.15) is 0 Å². The predicted octanol–water partition coefficient (Wildman–Crippen LogP) is 1.98. The fourth-order valence-corrected chi connectivity index (χ4v) is 0.423. The third-order valence-electron chi connectivity index (χ3n) is 0.418. The minimum atomic E-state index is 0.836. The Morgan fingerprint density at radius 2 is 2.43 bits per heavy atom. The zero-order chi connectivity index (χ0) is 5.70. The Balaban J connectivity index is 3.17. The van der Waals surface area contributed by atoms with Crippen molar-refractivity contribution in [2.45, 2.75) is 0 Å². The van der Waals surface area contributed by atoms with Gasteiger partial charge >= 0.3 is 0 Å². The van der Waals surface area contributed by atoms with Crippen molar-refractivity contribution in [3.63, 3.8) is 0 Å². The van der Waals surface area contributed by atoms with E-state index in [0.29, 0.717) is 0 Å². The highest BCUT2D eigenvalue weighted by Crippen LogP contribution is 2.12. The number of rotatable bonds is 3. The largest absolute Gasteiger partial charge is 0.314 e. The molecule has 0 unspecified atom stereocenters. The molecule has 0 radical (unpaired) electrons. The van der Waals surface area contributed by atoms with Gasteiger partial charge in [-0.1, -0.05) is 19.2 Å². The van der Waals surface area contributed by atoms with Crippen LogP contribution in [0.4, 0.5) is 0 Å². The molecule has 0 aliphatic heterocycles. The van der Waals surface area contributed by atoms with Crippen LogP contribution in [-0.4, -0.2) is 7.11 Å². The van der Waals surface area contributed by atoms with Gasteiger partial charge in [-0.25, -0.2) is 0 Å². The summed E-state index contributed by atoms with van der Waals surface area (Å²) >= 11 is 1.22. The lowest BCUT2D eigenvalue weighted by Crippen LogP contribution is -1.64. The second kappa shape index (κ2) is 3.96. The first-order valence-electron chi connectivity index (χ1n) is 1.83. The molecule has 0 heterocycles. The van der Waals surface area contributed by atoms with Crippen LogP contribution in [0.25, 0.3) is 0 Å². The first-order chi connectivity index (χ1) is 3.31. The number of hydrogen-bond donors (Lipinski definition) is 0. The molecule has 0 bridgehead atoms. The molecule has 1 nitrogen and oxygen atoms in total. The number of allylic oxidation sites excluding steroid dienone is 1. The molecule has 7 heavy (non-hydrogen) atoms. The van der Waals surface area contributed by atoms with Crippen LogP contribution in [0.15, 0.2) is 24.1 Å². The van der Waals surface area contributed by atoms with Crippen molar-refractivity contribution in [2.75, 3.05) is 7.11 Å². The standard InChI is InChI=1S/C5H8OS/c1-4-5(2)7-6-3/h4H,1-2H2,3H3. The topological polar surface area (TPSA) is 9.23 Å². The minimum absolute atomic E-state index is 0.836. The average molecular weight is 116 g/mol. The number of hydrogen-bond acceptors (Lipinski definition) is 2. The van der Waals surface area contributed by atoms with Gasteiger partial charge in [-0.3, -0.25) is 0 Å². The highest BCUT2D eigenvalue weighted by atomic mass is 32.2. The van der Waals surface area contributed by atoms with Crippen molar-refractivity contribution in [3.05, 3.63) is 24.1 Å². The first-order valence-corrected chi connectivity index (χ1v) is 2.57. The molecule has 0 amide bonds. The van der Waals surface area contributed by atoms with Crippen LogP contribution in [-0.2, 0) is 4.18 Å². The Morgan fingerprint density at radius 1 is 1.86 bits per heavy atom. The fraction of sp³-hybridized carbons (Fsp3) is 0.200. The highest BCUT2D eigenvalue weighted by Gasteiger charge is 1.81. The maximum absolute atomic E-state index is 4.64. The summed E-state index contributed by atoms with van der Waals surface area (Å²) in [6.45, 7) is 7.06. The molecular weight excluding hydrogens is 108 g/mol. The lowest BCUT2D eigenvalue weighted by Gasteiger charge is -1.90. The predicted molar refractivity (Wildman–Crippen MR) is 33.9 cm³/mol. The summed E-state index contributed by atoms with van der Waals surface area (Å²) in [4.78, 5) is 0.836. The molecule has 0 aromatic heterocycles. The summed E-state index contributed by atoms with van der Waals surface area (Å²) < 4.78 is 4.64. The van der Waals surface area contributed by atoms with Gasteiger partial charge in [0, 0.05) is 16.9 Å². The van der Waals surface area contributed by atoms with Crippen molar-refractivity contribution >= 4 is 12.0 Å². The van der Waals surface area contributed by atoms with E-state index >= 15 is 0 Å². The van der Waals surface area contributed by atoms with Crippen molar-refractivity contribution in [1.82, 2.24) is 0 Å². The summed E-state index contributed by atoms with van der Waals surface area (Å²) in [5.41, 5.74) is 0. The SMILES string of the molecule is C=CC(=C)SOC. The van der Waals surface area contributed by atoms with Gasteiger partial charge in [-0.15, -0.1) is 0 Å². The maximum Gasteiger partial charge on any atom is 0.0508 e. The van der Waals surface area contributed by atoms with Gasteiger partial charge in [0.2, 0.25) is 0 Å². The highest BCUT2D eigenvalue weighted by molar-refractivity contribution is 7.98. The van der Waals surface area contributed by atoms with Gasteiger partial charge < -0.3 is 4.18 Å². The average Bonchev–Trinajstić information content (AvgIpc) is 1.68. The zero-order valence-corrected chi connectivity index (χ0v) is 5.12. The third kappa shape index (κ3) is 3.62. The monoisotopic (exact) mass is 116 g/mol. The Bertz CT molecular complexity index is 78.1. The van der Waals surface area contributed by atoms with Gasteiger partial charge in [-0.2, -0.15) is 0 Å². The van der Waals surface area contributed by atoms with Gasteiger partial charge in [0.25, 0.3) is 0 Å². The minimum Gasteiger partial charge on any atom is -0.314 e. The Labute approximate surface area is 48.3 Å². The smallest absolute Gasteiger partial charge is 0.0508 e. The molecule has 0 aliphatic carbocycles. The maximum atomic E-state index is 4.64. The normalized spacial score (nSPS) is 8.14. The molecule has 0 aromatic carbocycles. The van der Waals surface area contributed by atoms with Gasteiger partial charge in [0.1, 0.15) is 0 Å².